The van der Waals surface area contributed by atoms with Gasteiger partial charge in [-0.1, -0.05) is 52.8 Å². The molecule has 41 heavy (non-hydrogen) atoms. The average molecular weight is 608 g/mol. The summed E-state index contributed by atoms with van der Waals surface area (Å²) in [5, 5.41) is -4.45. The minimum absolute atomic E-state index is 0.0539. The van der Waals surface area contributed by atoms with Gasteiger partial charge in [-0.25, -0.2) is 0 Å². The first-order chi connectivity index (χ1) is 19.0. The van der Waals surface area contributed by atoms with Crippen LogP contribution in [0.5, 0.6) is 5.75 Å². The van der Waals surface area contributed by atoms with E-state index in [2.05, 4.69) is 46.8 Å². The highest BCUT2D eigenvalue weighted by Crippen LogP contribution is 2.48. The molecule has 2 unspecified atom stereocenters. The number of benzene rings is 3. The van der Waals surface area contributed by atoms with E-state index in [0.29, 0.717) is 13.2 Å². The molecule has 6 nitrogen and oxygen atoms in total. The zero-order chi connectivity index (χ0) is 30.3. The molecule has 0 saturated carbocycles. The molecule has 2 atom stereocenters. The van der Waals surface area contributed by atoms with Crippen LogP contribution in [-0.4, -0.2) is 37.5 Å². The minimum atomic E-state index is -5.62. The molecule has 0 amide bonds. The van der Waals surface area contributed by atoms with Crippen molar-refractivity contribution >= 4 is 21.0 Å². The summed E-state index contributed by atoms with van der Waals surface area (Å²) in [5.41, 5.74) is 0.522. The second-order valence-electron chi connectivity index (χ2n) is 12.0. The molecule has 1 saturated heterocycles. The molecule has 1 aliphatic heterocycles. The van der Waals surface area contributed by atoms with Crippen molar-refractivity contribution in [2.45, 2.75) is 73.4 Å². The Bertz CT molecular complexity index is 1420. The van der Waals surface area contributed by atoms with E-state index < -0.39 is 38.2 Å². The van der Waals surface area contributed by atoms with Gasteiger partial charge in [0.2, 0.25) is 0 Å². The Kier molecular flexibility index (Phi) is 8.66. The summed E-state index contributed by atoms with van der Waals surface area (Å²) >= 11 is 0. The molecular formula is C31H37F2O6S2+. The Hall–Kier alpha value is -2.50. The van der Waals surface area contributed by atoms with Crippen LogP contribution in [0.4, 0.5) is 8.78 Å². The average Bonchev–Trinajstić information content (AvgIpc) is 2.90. The second-order valence-corrected chi connectivity index (χ2v) is 15.5. The lowest BCUT2D eigenvalue weighted by Gasteiger charge is -2.50. The standard InChI is InChI=1S/C31H36F2O6S2/c1-22(31(32,33)41(34,35)36)39-24-14-18-27(19-15-24)40(25-10-8-7-9-11-25)26-16-12-23(13-17-26)30(28(2,3)4)37-20-29(5,6)21-38-30/h7-19,22H,20-21H2,1-6H3/p+1. The van der Waals surface area contributed by atoms with Gasteiger partial charge in [-0.3, -0.25) is 4.55 Å². The molecule has 1 heterocycles. The maximum atomic E-state index is 14.0. The molecule has 0 bridgehead atoms. The fourth-order valence-electron chi connectivity index (χ4n) is 4.62. The first kappa shape index (κ1) is 31.4. The Morgan fingerprint density at radius 3 is 1.78 bits per heavy atom. The summed E-state index contributed by atoms with van der Waals surface area (Å²) < 4.78 is 77.1. The molecule has 1 fully saturated rings. The van der Waals surface area contributed by atoms with Gasteiger partial charge in [0, 0.05) is 16.4 Å². The van der Waals surface area contributed by atoms with Crippen molar-refractivity contribution in [3.05, 3.63) is 84.4 Å². The first-order valence-corrected chi connectivity index (χ1v) is 15.9. The van der Waals surface area contributed by atoms with Gasteiger partial charge in [-0.15, -0.1) is 0 Å². The van der Waals surface area contributed by atoms with Gasteiger partial charge in [0.05, 0.1) is 24.1 Å². The Morgan fingerprint density at radius 1 is 0.854 bits per heavy atom. The predicted octanol–water partition coefficient (Wildman–Crippen LogP) is 7.30. The number of halogens is 2. The molecule has 1 aliphatic rings. The molecule has 0 aromatic heterocycles. The van der Waals surface area contributed by atoms with E-state index in [0.717, 1.165) is 27.2 Å². The van der Waals surface area contributed by atoms with Crippen molar-refractivity contribution in [3.8, 4) is 5.75 Å². The third-order valence-corrected chi connectivity index (χ3v) is 10.2. The summed E-state index contributed by atoms with van der Waals surface area (Å²) in [4.78, 5) is 2.99. The summed E-state index contributed by atoms with van der Waals surface area (Å²) in [7, 11) is -6.17. The smallest absolute Gasteiger partial charge is 0.405 e. The van der Waals surface area contributed by atoms with Crippen LogP contribution < -0.4 is 4.74 Å². The summed E-state index contributed by atoms with van der Waals surface area (Å²) in [5.74, 6) is -0.843. The number of hydrogen-bond donors (Lipinski definition) is 1. The zero-order valence-electron chi connectivity index (χ0n) is 24.1. The first-order valence-electron chi connectivity index (χ1n) is 13.3. The predicted molar refractivity (Wildman–Crippen MR) is 155 cm³/mol. The highest BCUT2D eigenvalue weighted by atomic mass is 32.2. The van der Waals surface area contributed by atoms with Crippen LogP contribution in [0.3, 0.4) is 0 Å². The van der Waals surface area contributed by atoms with Crippen molar-refractivity contribution < 1.29 is 36.0 Å². The molecule has 0 radical (unpaired) electrons. The van der Waals surface area contributed by atoms with Gasteiger partial charge in [-0.2, -0.15) is 17.2 Å². The lowest BCUT2D eigenvalue weighted by molar-refractivity contribution is -0.350. The zero-order valence-corrected chi connectivity index (χ0v) is 25.7. The number of alkyl halides is 2. The van der Waals surface area contributed by atoms with Gasteiger partial charge >= 0.3 is 15.4 Å². The van der Waals surface area contributed by atoms with Crippen LogP contribution in [0.15, 0.2) is 93.5 Å². The molecular weight excluding hydrogens is 570 g/mol. The molecule has 222 valence electrons. The van der Waals surface area contributed by atoms with Crippen LogP contribution >= 0.6 is 0 Å². The monoisotopic (exact) mass is 607 g/mol. The van der Waals surface area contributed by atoms with Crippen LogP contribution in [0.25, 0.3) is 0 Å². The van der Waals surface area contributed by atoms with Gasteiger partial charge in [0.1, 0.15) is 5.75 Å². The second kappa shape index (κ2) is 11.3. The quantitative estimate of drug-likeness (QED) is 0.214. The summed E-state index contributed by atoms with van der Waals surface area (Å²) in [6, 6.07) is 24.7. The van der Waals surface area contributed by atoms with Gasteiger partial charge in [-0.05, 0) is 67.6 Å². The van der Waals surface area contributed by atoms with Crippen molar-refractivity contribution in [1.29, 1.82) is 0 Å². The molecule has 10 heteroatoms. The van der Waals surface area contributed by atoms with Crippen LogP contribution in [0.2, 0.25) is 0 Å². The molecule has 0 aliphatic carbocycles. The van der Waals surface area contributed by atoms with E-state index in [1.54, 1.807) is 12.1 Å². The molecule has 1 N–H and O–H groups in total. The lowest BCUT2D eigenvalue weighted by atomic mass is 9.79. The summed E-state index contributed by atoms with van der Waals surface area (Å²) in [6.07, 6.45) is -2.09. The number of ether oxygens (including phenoxy) is 3. The van der Waals surface area contributed by atoms with Gasteiger partial charge in [0.15, 0.2) is 26.6 Å². The Labute approximate surface area is 244 Å². The van der Waals surface area contributed by atoms with E-state index in [-0.39, 0.29) is 16.6 Å². The molecule has 4 rings (SSSR count). The third kappa shape index (κ3) is 6.46. The lowest BCUT2D eigenvalue weighted by Crippen LogP contribution is -2.52. The maximum Gasteiger partial charge on any atom is 0.405 e. The fraction of sp³-hybridized carbons (Fsp3) is 0.419. The van der Waals surface area contributed by atoms with E-state index >= 15 is 0 Å². The van der Waals surface area contributed by atoms with Crippen LogP contribution in [0.1, 0.15) is 47.1 Å². The van der Waals surface area contributed by atoms with E-state index in [1.165, 1.54) is 12.1 Å². The van der Waals surface area contributed by atoms with Crippen LogP contribution in [0, 0.1) is 10.8 Å². The SMILES string of the molecule is CC(Oc1ccc([S+](c2ccccc2)c2ccc(C3(C(C)(C)C)OCC(C)(C)CO3)cc2)cc1)C(F)(F)S(=O)(=O)O. The molecule has 3 aromatic rings. The van der Waals surface area contributed by atoms with E-state index in [1.807, 2.05) is 42.5 Å². The van der Waals surface area contributed by atoms with Crippen molar-refractivity contribution in [1.82, 2.24) is 0 Å². The number of rotatable bonds is 8. The highest BCUT2D eigenvalue weighted by Gasteiger charge is 2.52. The third-order valence-electron chi connectivity index (χ3n) is 6.96. The highest BCUT2D eigenvalue weighted by molar-refractivity contribution is 7.97. The van der Waals surface area contributed by atoms with Gasteiger partial charge in [0.25, 0.3) is 0 Å². The summed E-state index contributed by atoms with van der Waals surface area (Å²) in [6.45, 7) is 12.6. The van der Waals surface area contributed by atoms with Crippen molar-refractivity contribution in [2.24, 2.45) is 10.8 Å². The fourth-order valence-corrected chi connectivity index (χ4v) is 7.15. The van der Waals surface area contributed by atoms with Crippen molar-refractivity contribution in [2.75, 3.05) is 13.2 Å². The van der Waals surface area contributed by atoms with Crippen LogP contribution in [-0.2, 0) is 36.3 Å². The Morgan fingerprint density at radius 2 is 1.32 bits per heavy atom. The largest absolute Gasteiger partial charge is 0.483 e. The van der Waals surface area contributed by atoms with E-state index in [9.17, 15) is 17.2 Å². The van der Waals surface area contributed by atoms with Gasteiger partial charge < -0.3 is 14.2 Å². The maximum absolute atomic E-state index is 14.0. The molecule has 0 spiro atoms. The topological polar surface area (TPSA) is 82.1 Å². The van der Waals surface area contributed by atoms with E-state index in [4.69, 9.17) is 18.8 Å². The molecule has 3 aromatic carbocycles. The number of hydrogen-bond acceptors (Lipinski definition) is 5. The minimum Gasteiger partial charge on any atom is -0.483 e. The van der Waals surface area contributed by atoms with Crippen molar-refractivity contribution in [3.63, 3.8) is 0 Å². The Balaban J connectivity index is 1.66. The normalized spacial score (nSPS) is 18.9.